The fourth-order valence-corrected chi connectivity index (χ4v) is 5.56. The first-order valence-corrected chi connectivity index (χ1v) is 13.6. The van der Waals surface area contributed by atoms with Crippen LogP contribution in [-0.4, -0.2) is 60.3 Å². The van der Waals surface area contributed by atoms with Crippen LogP contribution in [0.3, 0.4) is 0 Å². The van der Waals surface area contributed by atoms with E-state index in [0.717, 1.165) is 53.9 Å². The number of nitrogens with one attached hydrogen (secondary N) is 1. The highest BCUT2D eigenvalue weighted by atomic mass is 19.4. The van der Waals surface area contributed by atoms with Gasteiger partial charge in [-0.3, -0.25) is 9.59 Å². The molecule has 2 aliphatic rings. The average Bonchev–Trinajstić information content (AvgIpc) is 3.41. The molecule has 2 aromatic carbocycles. The van der Waals surface area contributed by atoms with Crippen LogP contribution >= 0.6 is 0 Å². The third-order valence-electron chi connectivity index (χ3n) is 7.93. The van der Waals surface area contributed by atoms with Crippen LogP contribution in [0.1, 0.15) is 50.7 Å². The highest BCUT2D eigenvalue weighted by Gasteiger charge is 2.38. The molecule has 1 aliphatic heterocycles. The number of hydrogen-bond acceptors (Lipinski definition) is 4. The van der Waals surface area contributed by atoms with Crippen molar-refractivity contribution in [2.45, 2.75) is 58.3 Å². The van der Waals surface area contributed by atoms with E-state index in [-0.39, 0.29) is 29.7 Å². The number of hydroxylamine groups is 2. The Hall–Kier alpha value is -3.01. The molecule has 2 aromatic rings. The second-order valence-electron chi connectivity index (χ2n) is 10.3. The smallest absolute Gasteiger partial charge is 0.416 e. The lowest BCUT2D eigenvalue weighted by atomic mass is 9.93. The Labute approximate surface area is 227 Å². The number of rotatable bonds is 10. The third-order valence-corrected chi connectivity index (χ3v) is 7.93. The molecule has 39 heavy (non-hydrogen) atoms. The van der Waals surface area contributed by atoms with Gasteiger partial charge in [0.2, 0.25) is 11.7 Å². The standard InChI is InChI=1S/C30H36F3N3O3/c1-3-34(4-2)16-17-35(29(38)18-27-25-6-5-7-26(25)28(37)20-36(27)39)19-21-8-10-22(11-9-21)23-12-14-24(15-13-23)30(31,32)33/h8-15,27,36H,3-7,16-20H2,1-2H3. The van der Waals surface area contributed by atoms with Crippen LogP contribution in [0.25, 0.3) is 11.1 Å². The molecule has 0 spiro atoms. The molecule has 1 aliphatic carbocycles. The molecule has 6 nitrogen and oxygen atoms in total. The van der Waals surface area contributed by atoms with Crippen molar-refractivity contribution in [3.05, 3.63) is 76.0 Å². The predicted octanol–water partition coefficient (Wildman–Crippen LogP) is 4.25. The maximum Gasteiger partial charge on any atom is 0.416 e. The van der Waals surface area contributed by atoms with Crippen LogP contribution in [0.4, 0.5) is 13.2 Å². The Morgan fingerprint density at radius 2 is 1.59 bits per heavy atom. The van der Waals surface area contributed by atoms with E-state index in [1.165, 1.54) is 12.1 Å². The van der Waals surface area contributed by atoms with Crippen molar-refractivity contribution in [1.82, 2.24) is 9.80 Å². The predicted molar refractivity (Wildman–Crippen MR) is 144 cm³/mol. The van der Waals surface area contributed by atoms with Gasteiger partial charge in [-0.05, 0) is 66.7 Å². The summed E-state index contributed by atoms with van der Waals surface area (Å²) in [5.74, 6) is -0.192. The lowest BCUT2D eigenvalue weighted by Gasteiger charge is -2.37. The number of ketones is 1. The van der Waals surface area contributed by atoms with Crippen molar-refractivity contribution in [3.8, 4) is 11.1 Å². The summed E-state index contributed by atoms with van der Waals surface area (Å²) in [6, 6.07) is 12.0. The minimum atomic E-state index is -4.38. The summed E-state index contributed by atoms with van der Waals surface area (Å²) in [6.07, 6.45) is -2.05. The fourth-order valence-electron chi connectivity index (χ4n) is 5.56. The molecule has 2 atom stereocenters. The van der Waals surface area contributed by atoms with Gasteiger partial charge in [0.05, 0.1) is 12.0 Å². The number of Topliss-reactive ketones (excluding diaryl/α,β-unsaturated/α-hetero) is 1. The summed E-state index contributed by atoms with van der Waals surface area (Å²) >= 11 is 0. The highest BCUT2D eigenvalue weighted by molar-refractivity contribution is 5.98. The SMILES string of the molecule is CCN(CC)CCN(Cc1ccc(-c2ccc(C(F)(F)F)cc2)cc1)C(=O)CC1C2=C(CCC2)C(=O)C[NH+]1[O-]. The maximum absolute atomic E-state index is 13.6. The summed E-state index contributed by atoms with van der Waals surface area (Å²) in [4.78, 5) is 29.9. The van der Waals surface area contributed by atoms with E-state index in [1.54, 1.807) is 4.90 Å². The number of carbonyl (C=O) groups excluding carboxylic acids is 2. The summed E-state index contributed by atoms with van der Waals surface area (Å²) in [7, 11) is 0. The zero-order valence-electron chi connectivity index (χ0n) is 22.5. The lowest BCUT2D eigenvalue weighted by Crippen LogP contribution is -3.13. The Morgan fingerprint density at radius 1 is 0.974 bits per heavy atom. The Kier molecular flexibility index (Phi) is 9.25. The van der Waals surface area contributed by atoms with Gasteiger partial charge < -0.3 is 20.1 Å². The summed E-state index contributed by atoms with van der Waals surface area (Å²) < 4.78 is 38.7. The minimum Gasteiger partial charge on any atom is -0.634 e. The van der Waals surface area contributed by atoms with Gasteiger partial charge in [0.25, 0.3) is 0 Å². The summed E-state index contributed by atoms with van der Waals surface area (Å²) in [5, 5.41) is 12.6. The zero-order valence-corrected chi connectivity index (χ0v) is 22.5. The van der Waals surface area contributed by atoms with Crippen LogP contribution in [0, 0.1) is 5.21 Å². The van der Waals surface area contributed by atoms with Crippen LogP contribution in [-0.2, 0) is 22.3 Å². The van der Waals surface area contributed by atoms with Gasteiger partial charge >= 0.3 is 6.18 Å². The fraction of sp³-hybridized carbons (Fsp3) is 0.467. The van der Waals surface area contributed by atoms with Crippen molar-refractivity contribution in [1.29, 1.82) is 0 Å². The molecular formula is C30H36F3N3O3. The molecule has 1 heterocycles. The first kappa shape index (κ1) is 29.0. The highest BCUT2D eigenvalue weighted by Crippen LogP contribution is 2.32. The second-order valence-corrected chi connectivity index (χ2v) is 10.3. The summed E-state index contributed by atoms with van der Waals surface area (Å²) in [6.45, 7) is 7.32. The Bertz CT molecular complexity index is 1190. The van der Waals surface area contributed by atoms with Gasteiger partial charge in [0, 0.05) is 25.2 Å². The van der Waals surface area contributed by atoms with Gasteiger partial charge in [0.1, 0.15) is 12.6 Å². The number of hydrogen-bond donors (Lipinski definition) is 1. The lowest BCUT2D eigenvalue weighted by molar-refractivity contribution is -0.861. The van der Waals surface area contributed by atoms with Crippen LogP contribution in [0.5, 0.6) is 0 Å². The molecule has 1 amide bonds. The molecule has 0 saturated carbocycles. The zero-order chi connectivity index (χ0) is 28.2. The number of carbonyl (C=O) groups is 2. The molecule has 9 heteroatoms. The van der Waals surface area contributed by atoms with E-state index in [9.17, 15) is 28.0 Å². The van der Waals surface area contributed by atoms with Crippen molar-refractivity contribution in [2.24, 2.45) is 0 Å². The summed E-state index contributed by atoms with van der Waals surface area (Å²) in [5.41, 5.74) is 3.30. The average molecular weight is 544 g/mol. The molecule has 0 bridgehead atoms. The van der Waals surface area contributed by atoms with Crippen LogP contribution < -0.4 is 5.06 Å². The Morgan fingerprint density at radius 3 is 2.18 bits per heavy atom. The minimum absolute atomic E-state index is 0.0762. The van der Waals surface area contributed by atoms with Crippen LogP contribution in [0.2, 0.25) is 0 Å². The number of amides is 1. The van der Waals surface area contributed by atoms with Crippen molar-refractivity contribution in [3.63, 3.8) is 0 Å². The number of quaternary nitrogens is 1. The second kappa shape index (κ2) is 12.4. The van der Waals surface area contributed by atoms with E-state index >= 15 is 0 Å². The van der Waals surface area contributed by atoms with Gasteiger partial charge in [0.15, 0.2) is 0 Å². The molecule has 0 saturated heterocycles. The molecule has 0 aromatic heterocycles. The normalized spacial score (nSPS) is 19.5. The number of nitrogens with zero attached hydrogens (tertiary/aromatic N) is 2. The van der Waals surface area contributed by atoms with Crippen molar-refractivity contribution < 1.29 is 27.8 Å². The quantitative estimate of drug-likeness (QED) is 0.455. The molecule has 1 N–H and O–H groups in total. The number of halogens is 3. The number of benzene rings is 2. The van der Waals surface area contributed by atoms with E-state index in [4.69, 9.17) is 0 Å². The largest absolute Gasteiger partial charge is 0.634 e. The monoisotopic (exact) mass is 543 g/mol. The topological polar surface area (TPSA) is 68.1 Å². The van der Waals surface area contributed by atoms with Crippen molar-refractivity contribution in [2.75, 3.05) is 32.7 Å². The first-order valence-electron chi connectivity index (χ1n) is 13.6. The molecule has 210 valence electrons. The van der Waals surface area contributed by atoms with Gasteiger partial charge in [-0.25, -0.2) is 0 Å². The van der Waals surface area contributed by atoms with Gasteiger partial charge in [-0.2, -0.15) is 13.2 Å². The molecule has 0 fully saturated rings. The Balaban J connectivity index is 1.49. The first-order chi connectivity index (χ1) is 18.6. The maximum atomic E-state index is 13.6. The molecule has 2 unspecified atom stereocenters. The van der Waals surface area contributed by atoms with E-state index in [1.807, 2.05) is 24.3 Å². The molecule has 4 rings (SSSR count). The van der Waals surface area contributed by atoms with Crippen LogP contribution in [0.15, 0.2) is 59.7 Å². The number of likely N-dealkylation sites (N-methyl/N-ethyl adjacent to an activating group) is 1. The third kappa shape index (κ3) is 6.96. The van der Waals surface area contributed by atoms with E-state index in [2.05, 4.69) is 18.7 Å². The molecular weight excluding hydrogens is 507 g/mol. The van der Waals surface area contributed by atoms with Gasteiger partial charge in [-0.15, -0.1) is 0 Å². The van der Waals surface area contributed by atoms with Crippen molar-refractivity contribution >= 4 is 11.7 Å². The van der Waals surface area contributed by atoms with E-state index in [0.29, 0.717) is 38.0 Å². The number of alkyl halides is 3. The van der Waals surface area contributed by atoms with E-state index < -0.39 is 17.8 Å². The van der Waals surface area contributed by atoms with Gasteiger partial charge in [-0.1, -0.05) is 50.2 Å². The molecule has 0 radical (unpaired) electrons.